The second kappa shape index (κ2) is 4.94. The lowest BCUT2D eigenvalue weighted by molar-refractivity contribution is -0.125. The fourth-order valence-electron chi connectivity index (χ4n) is 1.90. The van der Waals surface area contributed by atoms with Gasteiger partial charge in [0.25, 0.3) is 0 Å². The van der Waals surface area contributed by atoms with Crippen LogP contribution in [0, 0.1) is 5.82 Å². The molecule has 0 spiro atoms. The number of carbonyl (C=O) groups is 2. The summed E-state index contributed by atoms with van der Waals surface area (Å²) in [7, 11) is 0. The number of amides is 2. The molecule has 1 fully saturated rings. The predicted octanol–water partition coefficient (Wildman–Crippen LogP) is 1.72. The molecule has 1 aromatic carbocycles. The normalized spacial score (nSPS) is 20.6. The van der Waals surface area contributed by atoms with Gasteiger partial charge in [0.1, 0.15) is 11.9 Å². The van der Waals surface area contributed by atoms with E-state index in [0.29, 0.717) is 0 Å². The summed E-state index contributed by atoms with van der Waals surface area (Å²) in [5.74, 6) is -1.17. The zero-order valence-corrected chi connectivity index (χ0v) is 10.5. The van der Waals surface area contributed by atoms with E-state index < -0.39 is 11.9 Å². The molecular formula is C12H12ClFN2O2. The fourth-order valence-corrected chi connectivity index (χ4v) is 2.17. The number of nitrogens with one attached hydrogen (secondary N) is 1. The maximum atomic E-state index is 13.8. The van der Waals surface area contributed by atoms with E-state index in [1.807, 2.05) is 0 Å². The van der Waals surface area contributed by atoms with Gasteiger partial charge in [-0.05, 0) is 19.1 Å². The molecule has 0 aromatic heterocycles. The van der Waals surface area contributed by atoms with Crippen LogP contribution in [0.25, 0.3) is 0 Å². The third-order valence-corrected chi connectivity index (χ3v) is 3.09. The Hall–Kier alpha value is -1.62. The minimum atomic E-state index is -0.685. The standard InChI is InChI=1S/C12H12ClFN2O2/c1-7-12(18)16(6-5-10(17)15-7)11-8(13)3-2-4-9(11)14/h2-4,7H,5-6H2,1H3,(H,15,17). The second-order valence-electron chi connectivity index (χ2n) is 4.10. The smallest absolute Gasteiger partial charge is 0.249 e. The van der Waals surface area contributed by atoms with Crippen molar-refractivity contribution in [1.82, 2.24) is 5.32 Å². The topological polar surface area (TPSA) is 49.4 Å². The molecule has 96 valence electrons. The van der Waals surface area contributed by atoms with Crippen LogP contribution in [-0.4, -0.2) is 24.4 Å². The minimum Gasteiger partial charge on any atom is -0.345 e. The Balaban J connectivity index is 2.42. The summed E-state index contributed by atoms with van der Waals surface area (Å²) in [4.78, 5) is 24.7. The first-order valence-electron chi connectivity index (χ1n) is 5.55. The lowest BCUT2D eigenvalue weighted by atomic mass is 10.2. The molecule has 4 nitrogen and oxygen atoms in total. The van der Waals surface area contributed by atoms with Crippen LogP contribution in [0.4, 0.5) is 10.1 Å². The fraction of sp³-hybridized carbons (Fsp3) is 0.333. The highest BCUT2D eigenvalue weighted by molar-refractivity contribution is 6.34. The number of hydrogen-bond donors (Lipinski definition) is 1. The Labute approximate surface area is 109 Å². The molecule has 1 saturated heterocycles. The Morgan fingerprint density at radius 2 is 2.17 bits per heavy atom. The summed E-state index contributed by atoms with van der Waals surface area (Å²) in [6.45, 7) is 1.68. The van der Waals surface area contributed by atoms with Gasteiger partial charge < -0.3 is 10.2 Å². The van der Waals surface area contributed by atoms with Crippen LogP contribution < -0.4 is 10.2 Å². The number of anilines is 1. The van der Waals surface area contributed by atoms with Gasteiger partial charge >= 0.3 is 0 Å². The summed E-state index contributed by atoms with van der Waals surface area (Å²) in [5.41, 5.74) is 0.0347. The average Bonchev–Trinajstić information content (AvgIpc) is 2.42. The van der Waals surface area contributed by atoms with Gasteiger partial charge in [0.15, 0.2) is 0 Å². The number of hydrogen-bond acceptors (Lipinski definition) is 2. The molecule has 2 rings (SSSR count). The highest BCUT2D eigenvalue weighted by Gasteiger charge is 2.30. The van der Waals surface area contributed by atoms with Crippen LogP contribution in [0.15, 0.2) is 18.2 Å². The van der Waals surface area contributed by atoms with Crippen molar-refractivity contribution in [3.8, 4) is 0 Å². The summed E-state index contributed by atoms with van der Waals surface area (Å²) < 4.78 is 13.8. The predicted molar refractivity (Wildman–Crippen MR) is 66.0 cm³/mol. The van der Waals surface area contributed by atoms with E-state index in [9.17, 15) is 14.0 Å². The Kier molecular flexibility index (Phi) is 3.52. The molecular weight excluding hydrogens is 259 g/mol. The monoisotopic (exact) mass is 270 g/mol. The zero-order valence-electron chi connectivity index (χ0n) is 9.74. The first-order chi connectivity index (χ1) is 8.50. The van der Waals surface area contributed by atoms with Crippen molar-refractivity contribution in [2.45, 2.75) is 19.4 Å². The number of halogens is 2. The van der Waals surface area contributed by atoms with E-state index >= 15 is 0 Å². The summed E-state index contributed by atoms with van der Waals surface area (Å²) in [6.07, 6.45) is 0.126. The van der Waals surface area contributed by atoms with Crippen molar-refractivity contribution in [2.75, 3.05) is 11.4 Å². The molecule has 18 heavy (non-hydrogen) atoms. The summed E-state index contributed by atoms with van der Waals surface area (Å²) in [6, 6.07) is 3.53. The van der Waals surface area contributed by atoms with Crippen molar-refractivity contribution in [3.63, 3.8) is 0 Å². The van der Waals surface area contributed by atoms with Gasteiger partial charge in [-0.2, -0.15) is 0 Å². The van der Waals surface area contributed by atoms with Gasteiger partial charge in [0, 0.05) is 13.0 Å². The van der Waals surface area contributed by atoms with E-state index in [2.05, 4.69) is 5.32 Å². The Morgan fingerprint density at radius 3 is 2.83 bits per heavy atom. The van der Waals surface area contributed by atoms with Crippen molar-refractivity contribution in [1.29, 1.82) is 0 Å². The van der Waals surface area contributed by atoms with Gasteiger partial charge in [-0.25, -0.2) is 4.39 Å². The largest absolute Gasteiger partial charge is 0.345 e. The molecule has 6 heteroatoms. The van der Waals surface area contributed by atoms with Gasteiger partial charge in [-0.3, -0.25) is 9.59 Å². The Bertz CT molecular complexity index is 487. The van der Waals surface area contributed by atoms with Crippen molar-refractivity contribution >= 4 is 29.1 Å². The van der Waals surface area contributed by atoms with E-state index in [-0.39, 0.29) is 35.5 Å². The zero-order chi connectivity index (χ0) is 13.3. The highest BCUT2D eigenvalue weighted by Crippen LogP contribution is 2.30. The summed E-state index contributed by atoms with van der Waals surface area (Å²) in [5, 5.41) is 2.69. The SMILES string of the molecule is CC1NC(=O)CCN(c2c(F)cccc2Cl)C1=O. The molecule has 0 saturated carbocycles. The number of rotatable bonds is 1. The van der Waals surface area contributed by atoms with E-state index in [4.69, 9.17) is 11.6 Å². The molecule has 1 N–H and O–H groups in total. The van der Waals surface area contributed by atoms with E-state index in [1.54, 1.807) is 6.92 Å². The first-order valence-corrected chi connectivity index (χ1v) is 5.93. The molecule has 1 atom stereocenters. The lowest BCUT2D eigenvalue weighted by Crippen LogP contribution is -2.43. The van der Waals surface area contributed by atoms with Crippen LogP contribution in [0.1, 0.15) is 13.3 Å². The average molecular weight is 271 g/mol. The van der Waals surface area contributed by atoms with Crippen LogP contribution >= 0.6 is 11.6 Å². The molecule has 1 aromatic rings. The van der Waals surface area contributed by atoms with Crippen LogP contribution in [0.3, 0.4) is 0 Å². The molecule has 1 aliphatic heterocycles. The number of para-hydroxylation sites is 1. The van der Waals surface area contributed by atoms with Gasteiger partial charge in [-0.1, -0.05) is 17.7 Å². The highest BCUT2D eigenvalue weighted by atomic mass is 35.5. The molecule has 1 unspecified atom stereocenters. The minimum absolute atomic E-state index is 0.0347. The third-order valence-electron chi connectivity index (χ3n) is 2.78. The van der Waals surface area contributed by atoms with Crippen LogP contribution in [-0.2, 0) is 9.59 Å². The Morgan fingerprint density at radius 1 is 1.44 bits per heavy atom. The summed E-state index contributed by atoms with van der Waals surface area (Å²) >= 11 is 5.93. The lowest BCUT2D eigenvalue weighted by Gasteiger charge is -2.23. The molecule has 0 aliphatic carbocycles. The van der Waals surface area contributed by atoms with Gasteiger partial charge in [0.05, 0.1) is 10.7 Å². The maximum Gasteiger partial charge on any atom is 0.249 e. The van der Waals surface area contributed by atoms with Crippen molar-refractivity contribution < 1.29 is 14.0 Å². The van der Waals surface area contributed by atoms with Gasteiger partial charge in [0.2, 0.25) is 11.8 Å². The van der Waals surface area contributed by atoms with Gasteiger partial charge in [-0.15, -0.1) is 0 Å². The molecule has 1 heterocycles. The van der Waals surface area contributed by atoms with E-state index in [0.717, 1.165) is 0 Å². The number of benzene rings is 1. The third kappa shape index (κ3) is 2.31. The molecule has 0 radical (unpaired) electrons. The number of carbonyl (C=O) groups excluding carboxylic acids is 2. The molecule has 0 bridgehead atoms. The molecule has 1 aliphatic rings. The van der Waals surface area contributed by atoms with E-state index in [1.165, 1.54) is 23.1 Å². The second-order valence-corrected chi connectivity index (χ2v) is 4.51. The van der Waals surface area contributed by atoms with Crippen LogP contribution in [0.5, 0.6) is 0 Å². The molecule has 2 amide bonds. The van der Waals surface area contributed by atoms with Crippen LogP contribution in [0.2, 0.25) is 5.02 Å². The first kappa shape index (κ1) is 12.8. The number of nitrogens with zero attached hydrogens (tertiary/aromatic N) is 1. The van der Waals surface area contributed by atoms with Crippen molar-refractivity contribution in [2.24, 2.45) is 0 Å². The maximum absolute atomic E-state index is 13.8. The quantitative estimate of drug-likeness (QED) is 0.845. The van der Waals surface area contributed by atoms with Crippen molar-refractivity contribution in [3.05, 3.63) is 29.0 Å².